The van der Waals surface area contributed by atoms with Gasteiger partial charge in [0.1, 0.15) is 0 Å². The molecule has 5 nitrogen and oxygen atoms in total. The van der Waals surface area contributed by atoms with Crippen LogP contribution in [0.2, 0.25) is 5.02 Å². The summed E-state index contributed by atoms with van der Waals surface area (Å²) in [6, 6.07) is 7.04. The summed E-state index contributed by atoms with van der Waals surface area (Å²) >= 11 is 5.89. The molecule has 1 N–H and O–H groups in total. The van der Waals surface area contributed by atoms with Crippen LogP contribution in [0.4, 0.5) is 0 Å². The minimum Gasteiger partial charge on any atom is -0.382 e. The highest BCUT2D eigenvalue weighted by molar-refractivity contribution is 6.30. The van der Waals surface area contributed by atoms with Crippen LogP contribution in [0, 0.1) is 5.92 Å². The zero-order chi connectivity index (χ0) is 16.1. The highest BCUT2D eigenvalue weighted by atomic mass is 35.5. The minimum absolute atomic E-state index is 0.0393. The maximum absolute atomic E-state index is 12.4. The van der Waals surface area contributed by atoms with E-state index in [-0.39, 0.29) is 30.2 Å². The number of nitrogens with zero attached hydrogens (tertiary/aromatic N) is 1. The van der Waals surface area contributed by atoms with Crippen LogP contribution < -0.4 is 5.32 Å². The molecule has 1 aromatic carbocycles. The molecule has 0 aromatic heterocycles. The molecule has 2 rings (SSSR count). The van der Waals surface area contributed by atoms with E-state index in [0.29, 0.717) is 24.7 Å². The fourth-order valence-electron chi connectivity index (χ4n) is 2.63. The minimum atomic E-state index is -0.292. The fourth-order valence-corrected chi connectivity index (χ4v) is 2.75. The first-order valence-corrected chi connectivity index (χ1v) is 7.75. The Hall–Kier alpha value is -1.59. The second-order valence-corrected chi connectivity index (χ2v) is 5.84. The van der Waals surface area contributed by atoms with Crippen LogP contribution in [0.1, 0.15) is 24.9 Å². The highest BCUT2D eigenvalue weighted by Crippen LogP contribution is 2.21. The lowest BCUT2D eigenvalue weighted by atomic mass is 10.0. The highest BCUT2D eigenvalue weighted by Gasteiger charge is 2.34. The van der Waals surface area contributed by atoms with E-state index in [4.69, 9.17) is 16.3 Å². The van der Waals surface area contributed by atoms with Gasteiger partial charge >= 0.3 is 0 Å². The van der Waals surface area contributed by atoms with Crippen molar-refractivity contribution in [2.75, 3.05) is 26.8 Å². The van der Waals surface area contributed by atoms with Gasteiger partial charge in [-0.3, -0.25) is 9.59 Å². The van der Waals surface area contributed by atoms with Crippen LogP contribution in [-0.4, -0.2) is 43.5 Å². The molecule has 1 aliphatic heterocycles. The predicted octanol–water partition coefficient (Wildman–Crippen LogP) is 2.01. The molecule has 0 aliphatic carbocycles. The molecule has 0 radical (unpaired) electrons. The SMILES string of the molecule is CCN1C[C@@H](C(=O)N[C@H](COC)c2ccc(Cl)cc2)CC1=O. The summed E-state index contributed by atoms with van der Waals surface area (Å²) in [6.07, 6.45) is 0.278. The number of hydrogen-bond acceptors (Lipinski definition) is 3. The summed E-state index contributed by atoms with van der Waals surface area (Å²) in [7, 11) is 1.59. The Morgan fingerprint density at radius 2 is 2.14 bits per heavy atom. The third-order valence-corrected chi connectivity index (χ3v) is 4.14. The number of likely N-dealkylation sites (tertiary alicyclic amines) is 1. The predicted molar refractivity (Wildman–Crippen MR) is 84.6 cm³/mol. The van der Waals surface area contributed by atoms with Gasteiger partial charge in [0.25, 0.3) is 0 Å². The molecule has 6 heteroatoms. The van der Waals surface area contributed by atoms with Gasteiger partial charge in [0.05, 0.1) is 18.6 Å². The van der Waals surface area contributed by atoms with Crippen molar-refractivity contribution in [3.8, 4) is 0 Å². The lowest BCUT2D eigenvalue weighted by Gasteiger charge is -2.21. The first-order valence-electron chi connectivity index (χ1n) is 7.37. The van der Waals surface area contributed by atoms with Crippen LogP contribution in [0.15, 0.2) is 24.3 Å². The first-order chi connectivity index (χ1) is 10.5. The average molecular weight is 325 g/mol. The van der Waals surface area contributed by atoms with Crippen molar-refractivity contribution in [3.05, 3.63) is 34.9 Å². The Morgan fingerprint density at radius 1 is 1.45 bits per heavy atom. The number of methoxy groups -OCH3 is 1. The number of rotatable bonds is 6. The van der Waals surface area contributed by atoms with Gasteiger partial charge in [-0.05, 0) is 24.6 Å². The Labute approximate surface area is 135 Å². The molecule has 1 saturated heterocycles. The van der Waals surface area contributed by atoms with E-state index in [1.807, 2.05) is 19.1 Å². The van der Waals surface area contributed by atoms with E-state index < -0.39 is 0 Å². The van der Waals surface area contributed by atoms with Gasteiger partial charge in [-0.15, -0.1) is 0 Å². The molecule has 0 bridgehead atoms. The van der Waals surface area contributed by atoms with E-state index in [2.05, 4.69) is 5.32 Å². The Bertz CT molecular complexity index is 533. The van der Waals surface area contributed by atoms with Gasteiger partial charge in [0.2, 0.25) is 11.8 Å². The molecular formula is C16H21ClN2O3. The van der Waals surface area contributed by atoms with Crippen LogP contribution in [0.3, 0.4) is 0 Å². The summed E-state index contributed by atoms with van der Waals surface area (Å²) in [5.74, 6) is -0.363. The molecule has 1 aliphatic rings. The largest absolute Gasteiger partial charge is 0.382 e. The molecule has 1 heterocycles. The molecule has 2 atom stereocenters. The van der Waals surface area contributed by atoms with Crippen LogP contribution in [0.5, 0.6) is 0 Å². The molecule has 120 valence electrons. The van der Waals surface area contributed by atoms with Crippen molar-refractivity contribution in [1.29, 1.82) is 0 Å². The van der Waals surface area contributed by atoms with Crippen molar-refractivity contribution in [2.45, 2.75) is 19.4 Å². The number of hydrogen-bond donors (Lipinski definition) is 1. The fraction of sp³-hybridized carbons (Fsp3) is 0.500. The van der Waals surface area contributed by atoms with E-state index in [9.17, 15) is 9.59 Å². The number of benzene rings is 1. The third kappa shape index (κ3) is 3.99. The van der Waals surface area contributed by atoms with Crippen molar-refractivity contribution >= 4 is 23.4 Å². The monoisotopic (exact) mass is 324 g/mol. The first kappa shape index (κ1) is 16.8. The van der Waals surface area contributed by atoms with E-state index in [0.717, 1.165) is 5.56 Å². The molecular weight excluding hydrogens is 304 g/mol. The van der Waals surface area contributed by atoms with E-state index >= 15 is 0 Å². The van der Waals surface area contributed by atoms with Gasteiger partial charge in [-0.1, -0.05) is 23.7 Å². The number of amides is 2. The Morgan fingerprint density at radius 3 is 2.68 bits per heavy atom. The quantitative estimate of drug-likeness (QED) is 0.871. The maximum atomic E-state index is 12.4. The zero-order valence-electron chi connectivity index (χ0n) is 12.8. The van der Waals surface area contributed by atoms with E-state index in [1.165, 1.54) is 0 Å². The molecule has 1 fully saturated rings. The summed E-state index contributed by atoms with van der Waals surface area (Å²) < 4.78 is 5.19. The normalized spacial score (nSPS) is 19.3. The molecule has 0 spiro atoms. The number of carbonyl (C=O) groups is 2. The van der Waals surface area contributed by atoms with Gasteiger partial charge in [-0.2, -0.15) is 0 Å². The molecule has 2 amide bonds. The maximum Gasteiger partial charge on any atom is 0.225 e. The standard InChI is InChI=1S/C16H21ClN2O3/c1-3-19-9-12(8-15(19)20)16(21)18-14(10-22-2)11-4-6-13(17)7-5-11/h4-7,12,14H,3,8-10H2,1-2H3,(H,18,21)/t12-,14+/m0/s1. The van der Waals surface area contributed by atoms with Crippen molar-refractivity contribution in [3.63, 3.8) is 0 Å². The van der Waals surface area contributed by atoms with Crippen LogP contribution in [-0.2, 0) is 14.3 Å². The number of nitrogens with one attached hydrogen (secondary N) is 1. The van der Waals surface area contributed by atoms with Crippen molar-refractivity contribution < 1.29 is 14.3 Å². The second-order valence-electron chi connectivity index (χ2n) is 5.40. The van der Waals surface area contributed by atoms with E-state index in [1.54, 1.807) is 24.1 Å². The topological polar surface area (TPSA) is 58.6 Å². The van der Waals surface area contributed by atoms with Gasteiger partial charge < -0.3 is 15.0 Å². The molecule has 22 heavy (non-hydrogen) atoms. The smallest absolute Gasteiger partial charge is 0.225 e. The number of carbonyl (C=O) groups excluding carboxylic acids is 2. The zero-order valence-corrected chi connectivity index (χ0v) is 13.6. The lowest BCUT2D eigenvalue weighted by Crippen LogP contribution is -2.37. The van der Waals surface area contributed by atoms with Gasteiger partial charge in [0, 0.05) is 31.6 Å². The number of halogens is 1. The lowest BCUT2D eigenvalue weighted by molar-refractivity contribution is -0.129. The molecule has 0 unspecified atom stereocenters. The summed E-state index contributed by atoms with van der Waals surface area (Å²) in [5.41, 5.74) is 0.927. The second kappa shape index (κ2) is 7.61. The van der Waals surface area contributed by atoms with Crippen LogP contribution in [0.25, 0.3) is 0 Å². The molecule has 1 aromatic rings. The Kier molecular flexibility index (Phi) is 5.80. The van der Waals surface area contributed by atoms with Gasteiger partial charge in [0.15, 0.2) is 0 Å². The van der Waals surface area contributed by atoms with Gasteiger partial charge in [-0.25, -0.2) is 0 Å². The summed E-state index contributed by atoms with van der Waals surface area (Å²) in [6.45, 7) is 3.41. The average Bonchev–Trinajstić information content (AvgIpc) is 2.89. The van der Waals surface area contributed by atoms with Crippen molar-refractivity contribution in [2.24, 2.45) is 5.92 Å². The Balaban J connectivity index is 2.03. The third-order valence-electron chi connectivity index (χ3n) is 3.89. The molecule has 0 saturated carbocycles. The number of ether oxygens (including phenoxy) is 1. The van der Waals surface area contributed by atoms with Crippen molar-refractivity contribution in [1.82, 2.24) is 10.2 Å². The van der Waals surface area contributed by atoms with Crippen LogP contribution >= 0.6 is 11.6 Å². The summed E-state index contributed by atoms with van der Waals surface area (Å²) in [5, 5.41) is 3.62. The summed E-state index contributed by atoms with van der Waals surface area (Å²) in [4.78, 5) is 25.9.